The highest BCUT2D eigenvalue weighted by Gasteiger charge is 1.96. The number of rotatable bonds is 2. The zero-order chi connectivity index (χ0) is 6.57. The summed E-state index contributed by atoms with van der Waals surface area (Å²) < 4.78 is 23.8. The summed E-state index contributed by atoms with van der Waals surface area (Å²) in [4.78, 5) is 0. The van der Waals surface area contributed by atoms with Crippen molar-refractivity contribution >= 4 is 0 Å². The molecule has 0 saturated heterocycles. The van der Waals surface area contributed by atoms with Gasteiger partial charge in [0, 0.05) is 6.42 Å². The van der Waals surface area contributed by atoms with Gasteiger partial charge in [0.25, 0.3) is 0 Å². The Morgan fingerprint density at radius 1 is 1.38 bits per heavy atom. The first kappa shape index (κ1) is 7.60. The second-order valence-corrected chi connectivity index (χ2v) is 1.69. The van der Waals surface area contributed by atoms with E-state index >= 15 is 0 Å². The normalized spacial score (nSPS) is 13.5. The Morgan fingerprint density at radius 2 is 1.88 bits per heavy atom. The number of hydrogen-bond donors (Lipinski definition) is 0. The third-order valence-electron chi connectivity index (χ3n) is 0.843. The number of hydrogen-bond acceptors (Lipinski definition) is 0. The highest BCUT2D eigenvalue weighted by molar-refractivity contribution is 4.95. The quantitative estimate of drug-likeness (QED) is 0.525. The Kier molecular flexibility index (Phi) is 3.40. The van der Waals surface area contributed by atoms with Crippen LogP contribution in [0, 0.1) is 0 Å². The molecule has 8 heavy (non-hydrogen) atoms. The summed E-state index contributed by atoms with van der Waals surface area (Å²) in [6.45, 7) is 2.94. The lowest BCUT2D eigenvalue weighted by Crippen LogP contribution is -1.74. The van der Waals surface area contributed by atoms with Gasteiger partial charge < -0.3 is 0 Å². The van der Waals surface area contributed by atoms with Crippen molar-refractivity contribution < 1.29 is 8.78 Å². The predicted octanol–water partition coefficient (Wildman–Crippen LogP) is 2.96. The second kappa shape index (κ2) is 3.58. The molecule has 0 unspecified atom stereocenters. The van der Waals surface area contributed by atoms with Crippen molar-refractivity contribution in [1.29, 1.82) is 0 Å². The maximum atomic E-state index is 12.0. The minimum absolute atomic E-state index is 0.225. The van der Waals surface area contributed by atoms with E-state index in [2.05, 4.69) is 0 Å². The fourth-order valence-corrected chi connectivity index (χ4v) is 0.392. The van der Waals surface area contributed by atoms with Crippen molar-refractivity contribution in [3.63, 3.8) is 0 Å². The number of allylic oxidation sites excluding steroid dienone is 2. The summed E-state index contributed by atoms with van der Waals surface area (Å²) in [6, 6.07) is 0. The largest absolute Gasteiger partial charge is 0.209 e. The molecule has 0 saturated carbocycles. The topological polar surface area (TPSA) is 0 Å². The van der Waals surface area contributed by atoms with Crippen molar-refractivity contribution in [2.75, 3.05) is 0 Å². The molecule has 0 aliphatic heterocycles. The van der Waals surface area contributed by atoms with Gasteiger partial charge in [0.15, 0.2) is 0 Å². The first-order valence-corrected chi connectivity index (χ1v) is 2.69. The molecule has 0 nitrogen and oxygen atoms in total. The summed E-state index contributed by atoms with van der Waals surface area (Å²) >= 11 is 0. The van der Waals surface area contributed by atoms with Crippen LogP contribution < -0.4 is 0 Å². The Balaban J connectivity index is 3.62. The molecule has 0 radical (unpaired) electrons. The van der Waals surface area contributed by atoms with Crippen LogP contribution in [-0.2, 0) is 0 Å². The fourth-order valence-electron chi connectivity index (χ4n) is 0.392. The molecule has 0 rings (SSSR count). The Labute approximate surface area is 48.2 Å². The molecule has 0 atom stereocenters. The molecule has 48 valence electrons. The van der Waals surface area contributed by atoms with Crippen molar-refractivity contribution in [1.82, 2.24) is 0 Å². The molecule has 0 amide bonds. The van der Waals surface area contributed by atoms with Gasteiger partial charge in [-0.25, -0.2) is 8.78 Å². The molecule has 0 aromatic rings. The molecule has 0 heterocycles. The maximum Gasteiger partial charge on any atom is 0.131 e. The highest BCUT2D eigenvalue weighted by Crippen LogP contribution is 2.12. The van der Waals surface area contributed by atoms with E-state index in [1.165, 1.54) is 0 Å². The van der Waals surface area contributed by atoms with Crippen molar-refractivity contribution in [3.05, 3.63) is 11.7 Å². The summed E-state index contributed by atoms with van der Waals surface area (Å²) in [5, 5.41) is 0. The van der Waals surface area contributed by atoms with E-state index in [0.29, 0.717) is 6.42 Å². The van der Waals surface area contributed by atoms with Crippen LogP contribution in [-0.4, -0.2) is 0 Å². The van der Waals surface area contributed by atoms with E-state index < -0.39 is 11.7 Å². The molecule has 0 bridgehead atoms. The smallest absolute Gasteiger partial charge is 0.131 e. The fraction of sp³-hybridized carbons (Fsp3) is 0.667. The van der Waals surface area contributed by atoms with Crippen LogP contribution in [0.3, 0.4) is 0 Å². The predicted molar refractivity (Wildman–Crippen MR) is 29.8 cm³/mol. The standard InChI is InChI=1S/C6H10F2/c1-3-4-6(8)5(2)7/h3-4H2,1-2H3/b6-5-. The number of halogens is 2. The van der Waals surface area contributed by atoms with E-state index in [-0.39, 0.29) is 6.42 Å². The van der Waals surface area contributed by atoms with E-state index in [0.717, 1.165) is 6.92 Å². The minimum atomic E-state index is -0.688. The van der Waals surface area contributed by atoms with Gasteiger partial charge in [-0.2, -0.15) is 0 Å². The third kappa shape index (κ3) is 2.72. The van der Waals surface area contributed by atoms with Crippen molar-refractivity contribution in [3.8, 4) is 0 Å². The van der Waals surface area contributed by atoms with E-state index in [4.69, 9.17) is 0 Å². The van der Waals surface area contributed by atoms with Gasteiger partial charge in [0.1, 0.15) is 11.7 Å². The second-order valence-electron chi connectivity index (χ2n) is 1.69. The molecular formula is C6H10F2. The molecule has 0 spiro atoms. The minimum Gasteiger partial charge on any atom is -0.209 e. The van der Waals surface area contributed by atoms with Gasteiger partial charge >= 0.3 is 0 Å². The lowest BCUT2D eigenvalue weighted by molar-refractivity contribution is 0.507. The van der Waals surface area contributed by atoms with Crippen LogP contribution in [0.5, 0.6) is 0 Å². The summed E-state index contributed by atoms with van der Waals surface area (Å²) in [5.74, 6) is -1.31. The SMILES string of the molecule is CCC/C(F)=C(\C)F. The first-order valence-electron chi connectivity index (χ1n) is 2.69. The molecule has 0 N–H and O–H groups in total. The van der Waals surface area contributed by atoms with Crippen LogP contribution in [0.2, 0.25) is 0 Å². The van der Waals surface area contributed by atoms with Crippen LogP contribution in [0.25, 0.3) is 0 Å². The van der Waals surface area contributed by atoms with Crippen LogP contribution >= 0.6 is 0 Å². The van der Waals surface area contributed by atoms with Crippen molar-refractivity contribution in [2.45, 2.75) is 26.7 Å². The average molecular weight is 120 g/mol. The Hall–Kier alpha value is -0.400. The maximum absolute atomic E-state index is 12.0. The van der Waals surface area contributed by atoms with Crippen LogP contribution in [0.15, 0.2) is 11.7 Å². The van der Waals surface area contributed by atoms with Crippen molar-refractivity contribution in [2.24, 2.45) is 0 Å². The molecule has 0 aromatic heterocycles. The monoisotopic (exact) mass is 120 g/mol. The Morgan fingerprint density at radius 3 is 2.00 bits per heavy atom. The zero-order valence-electron chi connectivity index (χ0n) is 5.17. The molecule has 0 aliphatic carbocycles. The zero-order valence-corrected chi connectivity index (χ0v) is 5.17. The van der Waals surface area contributed by atoms with Gasteiger partial charge in [0.2, 0.25) is 0 Å². The van der Waals surface area contributed by atoms with Gasteiger partial charge in [-0.1, -0.05) is 6.92 Å². The van der Waals surface area contributed by atoms with Crippen LogP contribution in [0.1, 0.15) is 26.7 Å². The van der Waals surface area contributed by atoms with E-state index in [1.807, 2.05) is 6.92 Å². The van der Waals surface area contributed by atoms with Gasteiger partial charge in [0.05, 0.1) is 0 Å². The lowest BCUT2D eigenvalue weighted by atomic mass is 10.3. The Bertz CT molecular complexity index is 90.7. The summed E-state index contributed by atoms with van der Waals surface area (Å²) in [5.41, 5.74) is 0. The molecule has 0 aliphatic rings. The molecule has 2 heteroatoms. The van der Waals surface area contributed by atoms with Gasteiger partial charge in [-0.3, -0.25) is 0 Å². The molecule has 0 fully saturated rings. The van der Waals surface area contributed by atoms with Gasteiger partial charge in [-0.05, 0) is 13.3 Å². The third-order valence-corrected chi connectivity index (χ3v) is 0.843. The van der Waals surface area contributed by atoms with Crippen LogP contribution in [0.4, 0.5) is 8.78 Å². The van der Waals surface area contributed by atoms with E-state index in [1.54, 1.807) is 0 Å². The molecular weight excluding hydrogens is 110 g/mol. The molecule has 0 aromatic carbocycles. The average Bonchev–Trinajstić information content (AvgIpc) is 1.67. The first-order chi connectivity index (χ1) is 3.68. The summed E-state index contributed by atoms with van der Waals surface area (Å²) in [7, 11) is 0. The lowest BCUT2D eigenvalue weighted by Gasteiger charge is -1.90. The summed E-state index contributed by atoms with van der Waals surface area (Å²) in [6.07, 6.45) is 0.884. The van der Waals surface area contributed by atoms with E-state index in [9.17, 15) is 8.78 Å². The van der Waals surface area contributed by atoms with Gasteiger partial charge in [-0.15, -0.1) is 0 Å². The highest BCUT2D eigenvalue weighted by atomic mass is 19.2.